The summed E-state index contributed by atoms with van der Waals surface area (Å²) < 4.78 is 33.1. The number of ether oxygens (including phenoxy) is 1. The Morgan fingerprint density at radius 2 is 1.78 bits per heavy atom. The van der Waals surface area contributed by atoms with Crippen molar-refractivity contribution in [1.82, 2.24) is 4.90 Å². The van der Waals surface area contributed by atoms with Gasteiger partial charge in [-0.15, -0.1) is 0 Å². The zero-order chi connectivity index (χ0) is 20.0. The van der Waals surface area contributed by atoms with Crippen LogP contribution >= 0.6 is 0 Å². The van der Waals surface area contributed by atoms with E-state index in [1.54, 1.807) is 23.1 Å². The van der Waals surface area contributed by atoms with Crippen LogP contribution in [-0.4, -0.2) is 38.8 Å². The molecule has 0 saturated carbocycles. The van der Waals surface area contributed by atoms with E-state index >= 15 is 0 Å². The van der Waals surface area contributed by atoms with Crippen LogP contribution in [0.4, 0.5) is 10.5 Å². The van der Waals surface area contributed by atoms with Crippen molar-refractivity contribution >= 4 is 21.8 Å². The van der Waals surface area contributed by atoms with Crippen LogP contribution in [0, 0.1) is 0 Å². The quantitative estimate of drug-likeness (QED) is 0.729. The number of benzene rings is 2. The average molecular weight is 392 g/mol. The molecule has 0 aromatic heterocycles. The van der Waals surface area contributed by atoms with E-state index in [1.807, 2.05) is 44.2 Å². The van der Waals surface area contributed by atoms with E-state index in [9.17, 15) is 13.2 Å². The first-order valence-corrected chi connectivity index (χ1v) is 10.2. The first-order valence-electron chi connectivity index (χ1n) is 8.38. The number of nitrogens with zero attached hydrogens (tertiary/aromatic N) is 1. The fourth-order valence-electron chi connectivity index (χ4n) is 2.45. The Morgan fingerprint density at radius 3 is 2.33 bits per heavy atom. The van der Waals surface area contributed by atoms with Crippen LogP contribution < -0.4 is 14.2 Å². The highest BCUT2D eigenvalue weighted by atomic mass is 32.2. The van der Waals surface area contributed by atoms with Gasteiger partial charge in [0.2, 0.25) is 0 Å². The molecule has 0 aliphatic carbocycles. The number of carbonyl (C=O) groups excluding carboxylic acids is 1. The highest BCUT2D eigenvalue weighted by molar-refractivity contribution is 7.86. The van der Waals surface area contributed by atoms with Crippen molar-refractivity contribution in [3.63, 3.8) is 0 Å². The minimum Gasteiger partial charge on any atom is -0.493 e. The fourth-order valence-corrected chi connectivity index (χ4v) is 2.91. The fraction of sp³-hybridized carbons (Fsp3) is 0.316. The molecule has 2 rings (SSSR count). The molecule has 0 unspecified atom stereocenters. The molecule has 146 valence electrons. The van der Waals surface area contributed by atoms with E-state index in [1.165, 1.54) is 7.11 Å². The lowest BCUT2D eigenvalue weighted by atomic mass is 10.1. The van der Waals surface area contributed by atoms with Crippen molar-refractivity contribution in [3.05, 3.63) is 54.1 Å². The van der Waals surface area contributed by atoms with E-state index in [0.29, 0.717) is 17.0 Å². The van der Waals surface area contributed by atoms with Crippen molar-refractivity contribution in [2.24, 2.45) is 0 Å². The van der Waals surface area contributed by atoms with Gasteiger partial charge in [-0.1, -0.05) is 24.3 Å². The molecule has 0 aliphatic heterocycles. The number of methoxy groups -OCH3 is 1. The minimum absolute atomic E-state index is 0.0740. The van der Waals surface area contributed by atoms with Crippen molar-refractivity contribution in [3.8, 4) is 11.5 Å². The van der Waals surface area contributed by atoms with E-state index in [0.717, 1.165) is 6.26 Å². The zero-order valence-electron chi connectivity index (χ0n) is 15.8. The Hall–Kier alpha value is -2.74. The predicted octanol–water partition coefficient (Wildman–Crippen LogP) is 3.48. The Labute approximate surface area is 160 Å². The van der Waals surface area contributed by atoms with Crippen LogP contribution in [0.25, 0.3) is 0 Å². The third kappa shape index (κ3) is 6.18. The van der Waals surface area contributed by atoms with Crippen LogP contribution in [0.15, 0.2) is 48.5 Å². The number of anilines is 1. The Bertz CT molecular complexity index is 882. The summed E-state index contributed by atoms with van der Waals surface area (Å²) >= 11 is 0. The highest BCUT2D eigenvalue weighted by Crippen LogP contribution is 2.30. The molecule has 2 aromatic carbocycles. The Kier molecular flexibility index (Phi) is 6.68. The molecule has 27 heavy (non-hydrogen) atoms. The zero-order valence-corrected chi connectivity index (χ0v) is 16.6. The van der Waals surface area contributed by atoms with Crippen molar-refractivity contribution in [2.75, 3.05) is 18.7 Å². The van der Waals surface area contributed by atoms with Crippen molar-refractivity contribution in [1.29, 1.82) is 0 Å². The Morgan fingerprint density at radius 1 is 1.11 bits per heavy atom. The van der Waals surface area contributed by atoms with Gasteiger partial charge in [-0.25, -0.2) is 4.79 Å². The number of carbonyl (C=O) groups is 1. The molecule has 0 heterocycles. The van der Waals surface area contributed by atoms with Crippen molar-refractivity contribution < 1.29 is 22.1 Å². The monoisotopic (exact) mass is 392 g/mol. The molecule has 7 nitrogen and oxygen atoms in total. The predicted molar refractivity (Wildman–Crippen MR) is 105 cm³/mol. The number of hydrogen-bond acceptors (Lipinski definition) is 5. The van der Waals surface area contributed by atoms with Crippen LogP contribution in [0.5, 0.6) is 11.5 Å². The minimum atomic E-state index is -3.70. The van der Waals surface area contributed by atoms with Gasteiger partial charge in [0.25, 0.3) is 0 Å². The summed E-state index contributed by atoms with van der Waals surface area (Å²) in [5.74, 6) is 0.388. The molecule has 1 N–H and O–H groups in total. The lowest BCUT2D eigenvalue weighted by molar-refractivity contribution is 0.193. The van der Waals surface area contributed by atoms with E-state index in [2.05, 4.69) is 5.32 Å². The summed E-state index contributed by atoms with van der Waals surface area (Å²) in [4.78, 5) is 14.3. The topological polar surface area (TPSA) is 84.9 Å². The second-order valence-corrected chi connectivity index (χ2v) is 7.87. The van der Waals surface area contributed by atoms with Crippen molar-refractivity contribution in [2.45, 2.75) is 26.4 Å². The molecule has 2 aromatic rings. The standard InChI is InChI=1S/C19H24N2O5S/c1-14(2)21(19(22)20-16-8-6-5-7-9-16)13-15-10-11-17(25-3)18(12-15)26-27(4,23)24/h5-12,14H,13H2,1-4H3,(H,20,22). The maximum absolute atomic E-state index is 12.7. The summed E-state index contributed by atoms with van der Waals surface area (Å²) in [6.45, 7) is 4.09. The largest absolute Gasteiger partial charge is 0.493 e. The van der Waals surface area contributed by atoms with Gasteiger partial charge in [-0.3, -0.25) is 0 Å². The third-order valence-corrected chi connectivity index (χ3v) is 4.21. The highest BCUT2D eigenvalue weighted by Gasteiger charge is 2.19. The molecule has 8 heteroatoms. The number of nitrogens with one attached hydrogen (secondary N) is 1. The summed E-state index contributed by atoms with van der Waals surface area (Å²) in [5.41, 5.74) is 1.41. The smallest absolute Gasteiger partial charge is 0.322 e. The van der Waals surface area contributed by atoms with Crippen LogP contribution in [0.2, 0.25) is 0 Å². The maximum Gasteiger partial charge on any atom is 0.322 e. The van der Waals surface area contributed by atoms with Gasteiger partial charge in [0, 0.05) is 18.3 Å². The third-order valence-electron chi connectivity index (χ3n) is 3.73. The molecule has 0 saturated heterocycles. The van der Waals surface area contributed by atoms with E-state index in [-0.39, 0.29) is 24.4 Å². The van der Waals surface area contributed by atoms with Gasteiger partial charge in [-0.05, 0) is 43.7 Å². The first-order chi connectivity index (χ1) is 12.7. The van der Waals surface area contributed by atoms with Gasteiger partial charge in [-0.2, -0.15) is 8.42 Å². The number of amides is 2. The summed E-state index contributed by atoms with van der Waals surface area (Å²) in [5, 5.41) is 2.85. The number of hydrogen-bond donors (Lipinski definition) is 1. The SMILES string of the molecule is COc1ccc(CN(C(=O)Nc2ccccc2)C(C)C)cc1OS(C)(=O)=O. The molecule has 0 bridgehead atoms. The summed E-state index contributed by atoms with van der Waals surface area (Å²) in [6.07, 6.45) is 0.965. The van der Waals surface area contributed by atoms with Gasteiger partial charge in [0.1, 0.15) is 0 Å². The Balaban J connectivity index is 2.22. The second-order valence-electron chi connectivity index (χ2n) is 6.29. The lowest BCUT2D eigenvalue weighted by Crippen LogP contribution is -2.39. The number of rotatable bonds is 7. The van der Waals surface area contributed by atoms with E-state index in [4.69, 9.17) is 8.92 Å². The number of para-hydroxylation sites is 1. The van der Waals surface area contributed by atoms with Gasteiger partial charge >= 0.3 is 16.1 Å². The van der Waals surface area contributed by atoms with E-state index < -0.39 is 10.1 Å². The van der Waals surface area contributed by atoms with Crippen LogP contribution in [-0.2, 0) is 16.7 Å². The lowest BCUT2D eigenvalue weighted by Gasteiger charge is -2.27. The van der Waals surface area contributed by atoms with Crippen LogP contribution in [0.3, 0.4) is 0 Å². The maximum atomic E-state index is 12.7. The molecular weight excluding hydrogens is 368 g/mol. The molecule has 0 fully saturated rings. The number of urea groups is 1. The first kappa shape index (κ1) is 20.6. The summed E-state index contributed by atoms with van der Waals surface area (Å²) in [6, 6.07) is 13.8. The summed E-state index contributed by atoms with van der Waals surface area (Å²) in [7, 11) is -2.27. The van der Waals surface area contributed by atoms with Gasteiger partial charge in [0.05, 0.1) is 13.4 Å². The molecular formula is C19H24N2O5S. The second kappa shape index (κ2) is 8.77. The molecule has 0 spiro atoms. The molecule has 0 atom stereocenters. The van der Waals surface area contributed by atoms with Gasteiger partial charge < -0.3 is 19.1 Å². The van der Waals surface area contributed by atoms with Gasteiger partial charge in [0.15, 0.2) is 11.5 Å². The average Bonchev–Trinajstić information content (AvgIpc) is 2.59. The molecule has 0 aliphatic rings. The normalized spacial score (nSPS) is 11.1. The van der Waals surface area contributed by atoms with Crippen LogP contribution in [0.1, 0.15) is 19.4 Å². The molecule has 0 radical (unpaired) electrons. The molecule has 2 amide bonds.